The fourth-order valence-corrected chi connectivity index (χ4v) is 2.74. The van der Waals surface area contributed by atoms with Crippen molar-refractivity contribution in [2.75, 3.05) is 6.54 Å². The van der Waals surface area contributed by atoms with Gasteiger partial charge in [0, 0.05) is 17.6 Å². The highest BCUT2D eigenvalue weighted by atomic mass is 19.1. The summed E-state index contributed by atoms with van der Waals surface area (Å²) in [6.45, 7) is 1.03. The minimum atomic E-state index is -0.334. The SMILES string of the molecule is Fc1ccc(F)c(C2CCCN2C2CC2)c1. The Kier molecular flexibility index (Phi) is 2.43. The van der Waals surface area contributed by atoms with Crippen LogP contribution in [0.2, 0.25) is 0 Å². The lowest BCUT2D eigenvalue weighted by Gasteiger charge is -2.24. The van der Waals surface area contributed by atoms with E-state index < -0.39 is 0 Å². The van der Waals surface area contributed by atoms with Crippen molar-refractivity contribution in [1.29, 1.82) is 0 Å². The molecule has 1 aromatic rings. The topological polar surface area (TPSA) is 3.24 Å². The summed E-state index contributed by atoms with van der Waals surface area (Å²) in [6.07, 6.45) is 4.48. The van der Waals surface area contributed by atoms with Crippen LogP contribution in [0.3, 0.4) is 0 Å². The van der Waals surface area contributed by atoms with Crippen molar-refractivity contribution in [3.05, 3.63) is 35.4 Å². The molecular formula is C13H15F2N. The maximum absolute atomic E-state index is 13.7. The molecule has 2 fully saturated rings. The van der Waals surface area contributed by atoms with E-state index in [1.54, 1.807) is 0 Å². The maximum Gasteiger partial charge on any atom is 0.128 e. The summed E-state index contributed by atoms with van der Waals surface area (Å²) in [4.78, 5) is 2.35. The van der Waals surface area contributed by atoms with Crippen LogP contribution < -0.4 is 0 Å². The summed E-state index contributed by atoms with van der Waals surface area (Å²) >= 11 is 0. The van der Waals surface area contributed by atoms with Crippen LogP contribution in [0.15, 0.2) is 18.2 Å². The second-order valence-electron chi connectivity index (χ2n) is 4.79. The van der Waals surface area contributed by atoms with Crippen LogP contribution in [0.5, 0.6) is 0 Å². The Morgan fingerprint density at radius 2 is 1.94 bits per heavy atom. The van der Waals surface area contributed by atoms with Crippen LogP contribution in [0, 0.1) is 11.6 Å². The Labute approximate surface area is 94.1 Å². The van der Waals surface area contributed by atoms with E-state index in [4.69, 9.17) is 0 Å². The molecule has 1 saturated carbocycles. The number of halogens is 2. The zero-order valence-electron chi connectivity index (χ0n) is 9.13. The average molecular weight is 223 g/mol. The molecule has 3 rings (SSSR count). The lowest BCUT2D eigenvalue weighted by atomic mass is 10.0. The standard InChI is InChI=1S/C13H15F2N/c14-9-3-6-12(15)11(8-9)13-2-1-7-16(13)10-4-5-10/h3,6,8,10,13H,1-2,4-5,7H2. The minimum absolute atomic E-state index is 0.100. The first-order valence-electron chi connectivity index (χ1n) is 5.96. The van der Waals surface area contributed by atoms with Crippen LogP contribution in [-0.4, -0.2) is 17.5 Å². The summed E-state index contributed by atoms with van der Waals surface area (Å²) in [6, 6.07) is 4.52. The van der Waals surface area contributed by atoms with Gasteiger partial charge in [-0.3, -0.25) is 4.90 Å². The monoisotopic (exact) mass is 223 g/mol. The highest BCUT2D eigenvalue weighted by Gasteiger charge is 2.38. The first kappa shape index (κ1) is 10.2. The molecule has 0 bridgehead atoms. The fourth-order valence-electron chi connectivity index (χ4n) is 2.74. The van der Waals surface area contributed by atoms with E-state index in [0.29, 0.717) is 11.6 Å². The number of rotatable bonds is 2. The molecular weight excluding hydrogens is 208 g/mol. The number of likely N-dealkylation sites (tertiary alicyclic amines) is 1. The van der Waals surface area contributed by atoms with Crippen LogP contribution in [0.1, 0.15) is 37.3 Å². The van der Waals surface area contributed by atoms with Gasteiger partial charge in [0.2, 0.25) is 0 Å². The summed E-state index contributed by atoms with van der Waals surface area (Å²) in [5.74, 6) is -0.599. The predicted octanol–water partition coefficient (Wildman–Crippen LogP) is 3.26. The molecule has 0 amide bonds. The van der Waals surface area contributed by atoms with Gasteiger partial charge in [0.15, 0.2) is 0 Å². The van der Waals surface area contributed by atoms with Gasteiger partial charge in [0.05, 0.1) is 0 Å². The number of nitrogens with zero attached hydrogens (tertiary/aromatic N) is 1. The molecule has 1 aliphatic heterocycles. The normalized spacial score (nSPS) is 26.2. The van der Waals surface area contributed by atoms with E-state index in [9.17, 15) is 8.78 Å². The smallest absolute Gasteiger partial charge is 0.128 e. The van der Waals surface area contributed by atoms with Crippen molar-refractivity contribution in [3.8, 4) is 0 Å². The Bertz CT molecular complexity index is 401. The molecule has 1 aliphatic carbocycles. The molecule has 0 aromatic heterocycles. The van der Waals surface area contributed by atoms with E-state index in [-0.39, 0.29) is 17.7 Å². The Morgan fingerprint density at radius 1 is 1.12 bits per heavy atom. The average Bonchev–Trinajstić information content (AvgIpc) is 3.01. The van der Waals surface area contributed by atoms with Gasteiger partial charge in [-0.05, 0) is 50.4 Å². The third kappa shape index (κ3) is 1.73. The highest BCUT2D eigenvalue weighted by Crippen LogP contribution is 2.41. The van der Waals surface area contributed by atoms with Crippen molar-refractivity contribution >= 4 is 0 Å². The first-order chi connectivity index (χ1) is 7.75. The van der Waals surface area contributed by atoms with E-state index in [0.717, 1.165) is 19.4 Å². The molecule has 2 aliphatic rings. The summed E-state index contributed by atoms with van der Waals surface area (Å²) in [7, 11) is 0. The molecule has 1 heterocycles. The van der Waals surface area contributed by atoms with E-state index in [1.165, 1.54) is 31.0 Å². The summed E-state index contributed by atoms with van der Waals surface area (Å²) in [5.41, 5.74) is 0.546. The number of hydrogen-bond donors (Lipinski definition) is 0. The zero-order chi connectivity index (χ0) is 11.1. The van der Waals surface area contributed by atoms with Crippen LogP contribution in [0.25, 0.3) is 0 Å². The zero-order valence-corrected chi connectivity index (χ0v) is 9.13. The minimum Gasteiger partial charge on any atom is -0.293 e. The van der Waals surface area contributed by atoms with Gasteiger partial charge in [-0.1, -0.05) is 0 Å². The van der Waals surface area contributed by atoms with Gasteiger partial charge in [-0.25, -0.2) is 8.78 Å². The maximum atomic E-state index is 13.7. The number of benzene rings is 1. The Morgan fingerprint density at radius 3 is 2.69 bits per heavy atom. The molecule has 16 heavy (non-hydrogen) atoms. The third-order valence-corrected chi connectivity index (χ3v) is 3.63. The van der Waals surface area contributed by atoms with Gasteiger partial charge in [0.1, 0.15) is 11.6 Å². The third-order valence-electron chi connectivity index (χ3n) is 3.63. The van der Waals surface area contributed by atoms with Crippen molar-refractivity contribution in [1.82, 2.24) is 4.90 Å². The van der Waals surface area contributed by atoms with Crippen molar-refractivity contribution in [2.24, 2.45) is 0 Å². The first-order valence-corrected chi connectivity index (χ1v) is 5.96. The summed E-state index contributed by atoms with van der Waals surface area (Å²) < 4.78 is 26.8. The van der Waals surface area contributed by atoms with Gasteiger partial charge < -0.3 is 0 Å². The van der Waals surface area contributed by atoms with Crippen molar-refractivity contribution in [2.45, 2.75) is 37.8 Å². The van der Waals surface area contributed by atoms with Crippen molar-refractivity contribution in [3.63, 3.8) is 0 Å². The largest absolute Gasteiger partial charge is 0.293 e. The quantitative estimate of drug-likeness (QED) is 0.743. The molecule has 3 heteroatoms. The summed E-state index contributed by atoms with van der Waals surface area (Å²) in [5, 5.41) is 0. The molecule has 1 unspecified atom stereocenters. The fraction of sp³-hybridized carbons (Fsp3) is 0.538. The van der Waals surface area contributed by atoms with Gasteiger partial charge >= 0.3 is 0 Å². The second-order valence-corrected chi connectivity index (χ2v) is 4.79. The van der Waals surface area contributed by atoms with E-state index >= 15 is 0 Å². The molecule has 0 radical (unpaired) electrons. The van der Waals surface area contributed by atoms with E-state index in [1.807, 2.05) is 0 Å². The van der Waals surface area contributed by atoms with Gasteiger partial charge in [0.25, 0.3) is 0 Å². The van der Waals surface area contributed by atoms with E-state index in [2.05, 4.69) is 4.90 Å². The molecule has 0 spiro atoms. The van der Waals surface area contributed by atoms with Crippen LogP contribution in [-0.2, 0) is 0 Å². The van der Waals surface area contributed by atoms with Gasteiger partial charge in [-0.2, -0.15) is 0 Å². The molecule has 86 valence electrons. The van der Waals surface area contributed by atoms with Crippen LogP contribution >= 0.6 is 0 Å². The highest BCUT2D eigenvalue weighted by molar-refractivity contribution is 5.24. The molecule has 0 N–H and O–H groups in total. The molecule has 1 aromatic carbocycles. The Balaban J connectivity index is 1.92. The predicted molar refractivity (Wildman–Crippen MR) is 58.1 cm³/mol. The lowest BCUT2D eigenvalue weighted by molar-refractivity contribution is 0.241. The molecule has 1 saturated heterocycles. The Hall–Kier alpha value is -0.960. The van der Waals surface area contributed by atoms with Gasteiger partial charge in [-0.15, -0.1) is 0 Å². The number of hydrogen-bond acceptors (Lipinski definition) is 1. The molecule has 1 atom stereocenters. The van der Waals surface area contributed by atoms with Crippen LogP contribution in [0.4, 0.5) is 8.78 Å². The lowest BCUT2D eigenvalue weighted by Crippen LogP contribution is -2.26. The van der Waals surface area contributed by atoms with Crippen molar-refractivity contribution < 1.29 is 8.78 Å². The second kappa shape index (κ2) is 3.81. The molecule has 1 nitrogen and oxygen atoms in total.